The van der Waals surface area contributed by atoms with Crippen LogP contribution in [0.4, 0.5) is 21.6 Å². The Morgan fingerprint density at radius 1 is 1.29 bits per heavy atom. The Balaban J connectivity index is 2.15. The number of nitrogen functional groups attached to an aromatic ring is 1. The Kier molecular flexibility index (Phi) is 4.00. The number of halogens is 1. The van der Waals surface area contributed by atoms with Crippen molar-refractivity contribution in [1.82, 2.24) is 10.2 Å². The van der Waals surface area contributed by atoms with E-state index in [1.54, 1.807) is 0 Å². The molecule has 0 aliphatic rings. The Labute approximate surface area is 117 Å². The van der Waals surface area contributed by atoms with Crippen molar-refractivity contribution in [2.24, 2.45) is 5.84 Å². The molecule has 1 amide bonds. The van der Waals surface area contributed by atoms with Gasteiger partial charge in [-0.05, 0) is 18.2 Å². The number of nitrogens with zero attached hydrogens (tertiary/aromatic N) is 3. The first-order chi connectivity index (χ1) is 10.0. The zero-order valence-corrected chi connectivity index (χ0v) is 10.4. The van der Waals surface area contributed by atoms with Gasteiger partial charge in [0, 0.05) is 17.8 Å². The summed E-state index contributed by atoms with van der Waals surface area (Å²) in [6.07, 6.45) is 0. The monoisotopic (exact) mass is 292 g/mol. The number of benzene rings is 1. The molecular formula is C11H9FN6O3. The molecule has 108 valence electrons. The highest BCUT2D eigenvalue weighted by atomic mass is 19.1. The second-order valence-corrected chi connectivity index (χ2v) is 3.83. The topological polar surface area (TPSA) is 136 Å². The van der Waals surface area contributed by atoms with Crippen molar-refractivity contribution in [2.75, 3.05) is 10.7 Å². The van der Waals surface area contributed by atoms with Gasteiger partial charge >= 0.3 is 5.69 Å². The maximum absolute atomic E-state index is 13.4. The van der Waals surface area contributed by atoms with Crippen LogP contribution >= 0.6 is 0 Å². The molecule has 21 heavy (non-hydrogen) atoms. The molecule has 0 aliphatic heterocycles. The van der Waals surface area contributed by atoms with Crippen LogP contribution in [0, 0.1) is 15.9 Å². The standard InChI is InChI=1S/C11H9FN6O3/c12-7-5-6(1-3-9(7)18(20)21)14-11(19)8-2-4-10(15-13)17-16-8/h1-5H,13H2,(H,14,19)(H,15,17). The van der Waals surface area contributed by atoms with E-state index in [2.05, 4.69) is 20.9 Å². The number of carbonyl (C=O) groups excluding carboxylic acids is 1. The number of nitro benzene ring substituents is 1. The first kappa shape index (κ1) is 14.3. The fourth-order valence-corrected chi connectivity index (χ4v) is 1.46. The molecule has 0 aliphatic carbocycles. The van der Waals surface area contributed by atoms with E-state index in [9.17, 15) is 19.3 Å². The van der Waals surface area contributed by atoms with Crippen LogP contribution in [-0.4, -0.2) is 21.0 Å². The van der Waals surface area contributed by atoms with E-state index >= 15 is 0 Å². The van der Waals surface area contributed by atoms with Crippen LogP contribution in [0.15, 0.2) is 30.3 Å². The third kappa shape index (κ3) is 3.25. The minimum absolute atomic E-state index is 0.0206. The second kappa shape index (κ2) is 5.88. The van der Waals surface area contributed by atoms with E-state index in [0.717, 1.165) is 12.1 Å². The van der Waals surface area contributed by atoms with E-state index in [4.69, 9.17) is 5.84 Å². The van der Waals surface area contributed by atoms with Crippen molar-refractivity contribution in [3.63, 3.8) is 0 Å². The molecular weight excluding hydrogens is 283 g/mol. The van der Waals surface area contributed by atoms with Gasteiger partial charge in [-0.1, -0.05) is 0 Å². The molecule has 0 saturated carbocycles. The molecule has 0 bridgehead atoms. The summed E-state index contributed by atoms with van der Waals surface area (Å²) >= 11 is 0. The van der Waals surface area contributed by atoms with Crippen LogP contribution in [0.2, 0.25) is 0 Å². The Hall–Kier alpha value is -3.14. The number of amides is 1. The number of nitro groups is 1. The molecule has 1 heterocycles. The molecule has 0 spiro atoms. The predicted octanol–water partition coefficient (Wildman–Crippen LogP) is 1.06. The quantitative estimate of drug-likeness (QED) is 0.435. The molecule has 4 N–H and O–H groups in total. The lowest BCUT2D eigenvalue weighted by Crippen LogP contribution is -2.16. The molecule has 0 atom stereocenters. The zero-order valence-electron chi connectivity index (χ0n) is 10.4. The van der Waals surface area contributed by atoms with Crippen LogP contribution < -0.4 is 16.6 Å². The summed E-state index contributed by atoms with van der Waals surface area (Å²) in [5, 5.41) is 20.0. The van der Waals surface area contributed by atoms with Gasteiger partial charge in [0.15, 0.2) is 11.5 Å². The van der Waals surface area contributed by atoms with Gasteiger partial charge in [0.1, 0.15) is 0 Å². The average Bonchev–Trinajstić information content (AvgIpc) is 2.47. The van der Waals surface area contributed by atoms with Gasteiger partial charge in [-0.15, -0.1) is 10.2 Å². The van der Waals surface area contributed by atoms with Crippen molar-refractivity contribution in [3.05, 3.63) is 52.0 Å². The number of hydrazine groups is 1. The maximum atomic E-state index is 13.4. The van der Waals surface area contributed by atoms with Gasteiger partial charge in [0.25, 0.3) is 5.91 Å². The molecule has 1 aromatic heterocycles. The summed E-state index contributed by atoms with van der Waals surface area (Å²) in [5.74, 6) is 3.69. The SMILES string of the molecule is NNc1ccc(C(=O)Nc2ccc([N+](=O)[O-])c(F)c2)nn1. The fourth-order valence-electron chi connectivity index (χ4n) is 1.46. The summed E-state index contributed by atoms with van der Waals surface area (Å²) in [6, 6.07) is 5.80. The smallest absolute Gasteiger partial charge is 0.304 e. The van der Waals surface area contributed by atoms with Crippen LogP contribution in [0.3, 0.4) is 0 Å². The number of anilines is 2. The van der Waals surface area contributed by atoms with Crippen molar-refractivity contribution in [2.45, 2.75) is 0 Å². The van der Waals surface area contributed by atoms with Crippen LogP contribution in [0.5, 0.6) is 0 Å². The van der Waals surface area contributed by atoms with Gasteiger partial charge in [-0.3, -0.25) is 14.9 Å². The Bertz CT molecular complexity index is 691. The molecule has 0 fully saturated rings. The van der Waals surface area contributed by atoms with E-state index < -0.39 is 22.3 Å². The summed E-state index contributed by atoms with van der Waals surface area (Å²) in [6.45, 7) is 0. The highest BCUT2D eigenvalue weighted by Gasteiger charge is 2.15. The van der Waals surface area contributed by atoms with Gasteiger partial charge < -0.3 is 10.7 Å². The lowest BCUT2D eigenvalue weighted by atomic mass is 10.2. The highest BCUT2D eigenvalue weighted by Crippen LogP contribution is 2.21. The second-order valence-electron chi connectivity index (χ2n) is 3.83. The van der Waals surface area contributed by atoms with E-state index in [-0.39, 0.29) is 17.2 Å². The molecule has 1 aromatic carbocycles. The van der Waals surface area contributed by atoms with Gasteiger partial charge in [-0.2, -0.15) is 4.39 Å². The normalized spacial score (nSPS) is 10.0. The van der Waals surface area contributed by atoms with E-state index in [1.807, 2.05) is 0 Å². The van der Waals surface area contributed by atoms with E-state index in [1.165, 1.54) is 18.2 Å². The number of nitrogens with one attached hydrogen (secondary N) is 2. The molecule has 2 rings (SSSR count). The lowest BCUT2D eigenvalue weighted by Gasteiger charge is -2.05. The minimum atomic E-state index is -1.05. The molecule has 2 aromatic rings. The number of aromatic nitrogens is 2. The summed E-state index contributed by atoms with van der Waals surface area (Å²) in [7, 11) is 0. The lowest BCUT2D eigenvalue weighted by molar-refractivity contribution is -0.387. The molecule has 9 nitrogen and oxygen atoms in total. The largest absolute Gasteiger partial charge is 0.320 e. The molecule has 10 heteroatoms. The molecule has 0 unspecified atom stereocenters. The first-order valence-corrected chi connectivity index (χ1v) is 5.57. The summed E-state index contributed by atoms with van der Waals surface area (Å²) < 4.78 is 13.4. The third-order valence-corrected chi connectivity index (χ3v) is 2.45. The number of rotatable bonds is 4. The van der Waals surface area contributed by atoms with Gasteiger partial charge in [0.2, 0.25) is 5.82 Å². The van der Waals surface area contributed by atoms with Crippen molar-refractivity contribution >= 4 is 23.1 Å². The first-order valence-electron chi connectivity index (χ1n) is 5.57. The van der Waals surface area contributed by atoms with Gasteiger partial charge in [-0.25, -0.2) is 5.84 Å². The van der Waals surface area contributed by atoms with Crippen LogP contribution in [0.1, 0.15) is 10.5 Å². The third-order valence-electron chi connectivity index (χ3n) is 2.45. The highest BCUT2D eigenvalue weighted by molar-refractivity contribution is 6.02. The number of hydrogen-bond donors (Lipinski definition) is 3. The van der Waals surface area contributed by atoms with Crippen molar-refractivity contribution in [1.29, 1.82) is 0 Å². The van der Waals surface area contributed by atoms with Gasteiger partial charge in [0.05, 0.1) is 4.92 Å². The fraction of sp³-hybridized carbons (Fsp3) is 0. The Morgan fingerprint density at radius 3 is 2.57 bits per heavy atom. The van der Waals surface area contributed by atoms with Crippen LogP contribution in [-0.2, 0) is 0 Å². The molecule has 0 saturated heterocycles. The maximum Gasteiger partial charge on any atom is 0.304 e. The number of hydrogen-bond acceptors (Lipinski definition) is 7. The number of carbonyl (C=O) groups is 1. The van der Waals surface area contributed by atoms with Crippen molar-refractivity contribution < 1.29 is 14.1 Å². The summed E-state index contributed by atoms with van der Waals surface area (Å²) in [5.41, 5.74) is 1.61. The van der Waals surface area contributed by atoms with Crippen molar-refractivity contribution in [3.8, 4) is 0 Å². The van der Waals surface area contributed by atoms with Crippen LogP contribution in [0.25, 0.3) is 0 Å². The average molecular weight is 292 g/mol. The number of nitrogens with two attached hydrogens (primary N) is 1. The minimum Gasteiger partial charge on any atom is -0.320 e. The zero-order chi connectivity index (χ0) is 15.4. The van der Waals surface area contributed by atoms with E-state index in [0.29, 0.717) is 0 Å². The summed E-state index contributed by atoms with van der Waals surface area (Å²) in [4.78, 5) is 21.4. The Morgan fingerprint density at radius 2 is 2.05 bits per heavy atom. The molecule has 0 radical (unpaired) electrons. The predicted molar refractivity (Wildman–Crippen MR) is 70.8 cm³/mol.